The van der Waals surface area contributed by atoms with E-state index in [1.807, 2.05) is 13.0 Å². The summed E-state index contributed by atoms with van der Waals surface area (Å²) in [5.41, 5.74) is 1.64. The zero-order chi connectivity index (χ0) is 12.3. The van der Waals surface area contributed by atoms with Crippen molar-refractivity contribution in [1.29, 1.82) is 0 Å². The Morgan fingerprint density at radius 2 is 2.06 bits per heavy atom. The fraction of sp³-hybridized carbons (Fsp3) is 0.600. The van der Waals surface area contributed by atoms with Gasteiger partial charge < -0.3 is 9.84 Å². The van der Waals surface area contributed by atoms with Gasteiger partial charge in [-0.05, 0) is 36.8 Å². The number of rotatable bonds is 5. The maximum Gasteiger partial charge on any atom is 0.0893 e. The average Bonchev–Trinajstić information content (AvgIpc) is 2.25. The van der Waals surface area contributed by atoms with Crippen molar-refractivity contribution < 1.29 is 9.84 Å². The number of hydrogen-bond donors (Lipinski definition) is 1. The summed E-state index contributed by atoms with van der Waals surface area (Å²) in [5, 5.41) is 10.6. The number of ether oxygens (including phenoxy) is 1. The highest BCUT2D eigenvalue weighted by atomic mass is 16.5. The second kappa shape index (κ2) is 5.19. The Morgan fingerprint density at radius 1 is 1.35 bits per heavy atom. The summed E-state index contributed by atoms with van der Waals surface area (Å²) in [7, 11) is 1.67. The van der Waals surface area contributed by atoms with Crippen LogP contribution in [0.4, 0.5) is 0 Å². The molecular formula is C15H22O2. The van der Waals surface area contributed by atoms with Gasteiger partial charge in [0.25, 0.3) is 0 Å². The van der Waals surface area contributed by atoms with Crippen LogP contribution in [0.25, 0.3) is 0 Å². The Morgan fingerprint density at radius 3 is 2.65 bits per heavy atom. The Kier molecular flexibility index (Phi) is 3.85. The molecule has 1 aliphatic rings. The molecule has 17 heavy (non-hydrogen) atoms. The number of methoxy groups -OCH3 is 1. The minimum absolute atomic E-state index is 0.589. The second-order valence-electron chi connectivity index (χ2n) is 5.23. The SMILES string of the molecule is COCCC(C)(O)c1ccccc1C1CCC1. The zero-order valence-electron chi connectivity index (χ0n) is 10.8. The summed E-state index contributed by atoms with van der Waals surface area (Å²) in [6.07, 6.45) is 4.49. The molecule has 0 spiro atoms. The van der Waals surface area contributed by atoms with E-state index >= 15 is 0 Å². The largest absolute Gasteiger partial charge is 0.385 e. The first-order valence-electron chi connectivity index (χ1n) is 6.46. The predicted octanol–water partition coefficient (Wildman–Crippen LogP) is 3.20. The molecule has 1 aromatic carbocycles. The van der Waals surface area contributed by atoms with E-state index < -0.39 is 5.60 Å². The third kappa shape index (κ3) is 2.70. The fourth-order valence-corrected chi connectivity index (χ4v) is 2.50. The highest BCUT2D eigenvalue weighted by Crippen LogP contribution is 2.41. The van der Waals surface area contributed by atoms with Gasteiger partial charge in [-0.25, -0.2) is 0 Å². The third-order valence-corrected chi connectivity index (χ3v) is 3.88. The molecule has 1 atom stereocenters. The average molecular weight is 234 g/mol. The van der Waals surface area contributed by atoms with Crippen LogP contribution in [0.2, 0.25) is 0 Å². The molecule has 1 saturated carbocycles. The predicted molar refractivity (Wildman–Crippen MR) is 69.1 cm³/mol. The topological polar surface area (TPSA) is 29.5 Å². The molecule has 0 heterocycles. The van der Waals surface area contributed by atoms with Gasteiger partial charge in [0, 0.05) is 20.1 Å². The zero-order valence-corrected chi connectivity index (χ0v) is 10.8. The molecule has 1 fully saturated rings. The van der Waals surface area contributed by atoms with E-state index in [1.54, 1.807) is 7.11 Å². The van der Waals surface area contributed by atoms with E-state index in [0.29, 0.717) is 18.9 Å². The maximum atomic E-state index is 10.6. The number of aliphatic hydroxyl groups is 1. The van der Waals surface area contributed by atoms with E-state index in [4.69, 9.17) is 4.74 Å². The highest BCUT2D eigenvalue weighted by Gasteiger charge is 2.30. The standard InChI is InChI=1S/C15H22O2/c1-15(16,10-11-17-2)14-9-4-3-8-13(14)12-6-5-7-12/h3-4,8-9,12,16H,5-7,10-11H2,1-2H3. The van der Waals surface area contributed by atoms with E-state index in [9.17, 15) is 5.11 Å². The lowest BCUT2D eigenvalue weighted by atomic mass is 9.75. The summed E-state index contributed by atoms with van der Waals surface area (Å²) in [6.45, 7) is 2.48. The van der Waals surface area contributed by atoms with Crippen LogP contribution in [0, 0.1) is 0 Å². The van der Waals surface area contributed by atoms with Gasteiger partial charge in [0.05, 0.1) is 5.60 Å². The van der Waals surface area contributed by atoms with Crippen molar-refractivity contribution in [3.63, 3.8) is 0 Å². The Hall–Kier alpha value is -0.860. The molecule has 1 unspecified atom stereocenters. The van der Waals surface area contributed by atoms with Crippen LogP contribution in [0.1, 0.15) is 49.7 Å². The number of benzene rings is 1. The summed E-state index contributed by atoms with van der Waals surface area (Å²) >= 11 is 0. The molecule has 1 aromatic rings. The van der Waals surface area contributed by atoms with Crippen LogP contribution in [0.3, 0.4) is 0 Å². The van der Waals surface area contributed by atoms with Gasteiger partial charge in [0.1, 0.15) is 0 Å². The molecule has 0 bridgehead atoms. The molecule has 0 amide bonds. The van der Waals surface area contributed by atoms with Crippen molar-refractivity contribution in [2.45, 2.75) is 44.1 Å². The van der Waals surface area contributed by atoms with Gasteiger partial charge in [-0.15, -0.1) is 0 Å². The summed E-state index contributed by atoms with van der Waals surface area (Å²) in [5.74, 6) is 0.653. The van der Waals surface area contributed by atoms with Crippen molar-refractivity contribution in [2.75, 3.05) is 13.7 Å². The van der Waals surface area contributed by atoms with Gasteiger partial charge in [0.2, 0.25) is 0 Å². The Balaban J connectivity index is 2.23. The van der Waals surface area contributed by atoms with Crippen LogP contribution in [-0.4, -0.2) is 18.8 Å². The molecule has 1 N–H and O–H groups in total. The molecule has 1 aliphatic carbocycles. The molecule has 0 aliphatic heterocycles. The molecule has 2 nitrogen and oxygen atoms in total. The molecule has 94 valence electrons. The van der Waals surface area contributed by atoms with Gasteiger partial charge in [-0.1, -0.05) is 30.7 Å². The minimum Gasteiger partial charge on any atom is -0.385 e. The van der Waals surface area contributed by atoms with E-state index in [2.05, 4.69) is 18.2 Å². The van der Waals surface area contributed by atoms with E-state index in [0.717, 1.165) is 5.56 Å². The lowest BCUT2D eigenvalue weighted by Crippen LogP contribution is -2.26. The van der Waals surface area contributed by atoms with Crippen LogP contribution < -0.4 is 0 Å². The van der Waals surface area contributed by atoms with Crippen molar-refractivity contribution in [1.82, 2.24) is 0 Å². The van der Waals surface area contributed by atoms with Crippen molar-refractivity contribution in [3.8, 4) is 0 Å². The second-order valence-corrected chi connectivity index (χ2v) is 5.23. The molecule has 0 aromatic heterocycles. The smallest absolute Gasteiger partial charge is 0.0893 e. The molecular weight excluding hydrogens is 212 g/mol. The van der Waals surface area contributed by atoms with Crippen molar-refractivity contribution in [3.05, 3.63) is 35.4 Å². The van der Waals surface area contributed by atoms with E-state index in [-0.39, 0.29) is 0 Å². The molecule has 0 saturated heterocycles. The first kappa shape index (κ1) is 12.6. The van der Waals surface area contributed by atoms with Gasteiger partial charge >= 0.3 is 0 Å². The monoisotopic (exact) mass is 234 g/mol. The highest BCUT2D eigenvalue weighted by molar-refractivity contribution is 5.35. The van der Waals surface area contributed by atoms with Crippen molar-refractivity contribution in [2.24, 2.45) is 0 Å². The third-order valence-electron chi connectivity index (χ3n) is 3.88. The lowest BCUT2D eigenvalue weighted by Gasteiger charge is -2.33. The Bertz CT molecular complexity index is 367. The lowest BCUT2D eigenvalue weighted by molar-refractivity contribution is 0.0197. The fourth-order valence-electron chi connectivity index (χ4n) is 2.50. The maximum absolute atomic E-state index is 10.6. The van der Waals surface area contributed by atoms with Crippen LogP contribution >= 0.6 is 0 Å². The van der Waals surface area contributed by atoms with Crippen LogP contribution in [0.5, 0.6) is 0 Å². The molecule has 2 rings (SSSR count). The van der Waals surface area contributed by atoms with Crippen LogP contribution in [0.15, 0.2) is 24.3 Å². The van der Waals surface area contributed by atoms with E-state index in [1.165, 1.54) is 24.8 Å². The molecule has 2 heteroatoms. The van der Waals surface area contributed by atoms with Gasteiger partial charge in [-0.3, -0.25) is 0 Å². The van der Waals surface area contributed by atoms with Crippen molar-refractivity contribution >= 4 is 0 Å². The first-order chi connectivity index (χ1) is 8.15. The summed E-state index contributed by atoms with van der Waals surface area (Å²) in [6, 6.07) is 8.31. The summed E-state index contributed by atoms with van der Waals surface area (Å²) < 4.78 is 5.08. The quantitative estimate of drug-likeness (QED) is 0.847. The minimum atomic E-state index is -0.776. The first-order valence-corrected chi connectivity index (χ1v) is 6.46. The van der Waals surface area contributed by atoms with Crippen LogP contribution in [-0.2, 0) is 10.3 Å². The molecule has 0 radical (unpaired) electrons. The van der Waals surface area contributed by atoms with Gasteiger partial charge in [0.15, 0.2) is 0 Å². The summed E-state index contributed by atoms with van der Waals surface area (Å²) in [4.78, 5) is 0. The Labute approximate surface area is 104 Å². The normalized spacial score (nSPS) is 19.7. The number of hydrogen-bond acceptors (Lipinski definition) is 2. The van der Waals surface area contributed by atoms with Gasteiger partial charge in [-0.2, -0.15) is 0 Å².